The van der Waals surface area contributed by atoms with Gasteiger partial charge < -0.3 is 0 Å². The van der Waals surface area contributed by atoms with Gasteiger partial charge in [-0.05, 0) is 5.56 Å². The molecule has 2 rings (SSSR count). The van der Waals surface area contributed by atoms with Gasteiger partial charge in [0.05, 0.1) is 16.7 Å². The fourth-order valence-electron chi connectivity index (χ4n) is 1.40. The van der Waals surface area contributed by atoms with Gasteiger partial charge in [0, 0.05) is 5.56 Å². The molecule has 1 aliphatic carbocycles. The van der Waals surface area contributed by atoms with Gasteiger partial charge in [-0.3, -0.25) is 4.79 Å². The van der Waals surface area contributed by atoms with E-state index in [1.807, 2.05) is 18.2 Å². The maximum atomic E-state index is 11.4. The standard InChI is InChI=1S/C9H7N2O/c10-11-8-5-6-3-1-2-4-7(6)9(8)12/h1-4,10H,5H2/q+1. The van der Waals surface area contributed by atoms with E-state index in [0.717, 1.165) is 5.56 Å². The quantitative estimate of drug-likeness (QED) is 0.447. The van der Waals surface area contributed by atoms with E-state index in [9.17, 15) is 4.79 Å². The summed E-state index contributed by atoms with van der Waals surface area (Å²) in [4.78, 5) is 14.6. The molecule has 0 fully saturated rings. The summed E-state index contributed by atoms with van der Waals surface area (Å²) in [5.41, 5.74) is 8.79. The lowest BCUT2D eigenvalue weighted by molar-refractivity contribution is -0.119. The first-order chi connectivity index (χ1) is 5.83. The molecule has 1 N–H and O–H groups in total. The second-order valence-corrected chi connectivity index (χ2v) is 2.72. The van der Waals surface area contributed by atoms with Crippen LogP contribution in [0.5, 0.6) is 0 Å². The number of hydrogen-bond acceptors (Lipinski definition) is 2. The molecule has 0 unspecified atom stereocenters. The number of carbonyl (C=O) groups excluding carboxylic acids is 1. The predicted octanol–water partition coefficient (Wildman–Crippen LogP) is 1.11. The number of Topliss-reactive ketones (excluding diaryl/α,β-unsaturated/α-hetero) is 1. The molecule has 12 heavy (non-hydrogen) atoms. The van der Waals surface area contributed by atoms with Crippen molar-refractivity contribution in [2.24, 2.45) is 0 Å². The minimum Gasteiger partial charge on any atom is -0.281 e. The number of ketones is 1. The average molecular weight is 159 g/mol. The highest BCUT2D eigenvalue weighted by Crippen LogP contribution is 2.18. The molecule has 0 atom stereocenters. The minimum absolute atomic E-state index is 0.0967. The predicted molar refractivity (Wildman–Crippen MR) is 42.5 cm³/mol. The van der Waals surface area contributed by atoms with Crippen LogP contribution in [0.4, 0.5) is 0 Å². The molecule has 1 aliphatic rings. The summed E-state index contributed by atoms with van der Waals surface area (Å²) in [6.07, 6.45) is 0.512. The van der Waals surface area contributed by atoms with Crippen molar-refractivity contribution >= 4 is 11.5 Å². The first kappa shape index (κ1) is 6.95. The van der Waals surface area contributed by atoms with Crippen LogP contribution in [-0.4, -0.2) is 16.3 Å². The largest absolute Gasteiger partial charge is 0.392 e. The molecule has 0 amide bonds. The van der Waals surface area contributed by atoms with Crippen molar-refractivity contribution in [3.63, 3.8) is 0 Å². The Kier molecular flexibility index (Phi) is 1.39. The third kappa shape index (κ3) is 0.807. The Morgan fingerprint density at radius 2 is 2.08 bits per heavy atom. The second-order valence-electron chi connectivity index (χ2n) is 2.72. The fraction of sp³-hybridized carbons (Fsp3) is 0.111. The van der Waals surface area contributed by atoms with Crippen LogP contribution in [0.1, 0.15) is 15.9 Å². The summed E-state index contributed by atoms with van der Waals surface area (Å²) in [5.74, 6) is -0.0967. The molecular weight excluding hydrogens is 152 g/mol. The van der Waals surface area contributed by atoms with E-state index in [1.165, 1.54) is 0 Å². The Hall–Kier alpha value is -1.73. The first-order valence-corrected chi connectivity index (χ1v) is 3.69. The molecule has 0 aromatic heterocycles. The molecular formula is C9H7N2O+. The van der Waals surface area contributed by atoms with Crippen LogP contribution < -0.4 is 0 Å². The van der Waals surface area contributed by atoms with Gasteiger partial charge in [-0.1, -0.05) is 24.3 Å². The molecule has 58 valence electrons. The van der Waals surface area contributed by atoms with Crippen molar-refractivity contribution in [1.82, 2.24) is 0 Å². The molecule has 0 heterocycles. The van der Waals surface area contributed by atoms with Crippen LogP contribution in [0.25, 0.3) is 0 Å². The third-order valence-electron chi connectivity index (χ3n) is 2.02. The van der Waals surface area contributed by atoms with Crippen molar-refractivity contribution in [1.29, 1.82) is 5.53 Å². The van der Waals surface area contributed by atoms with E-state index in [4.69, 9.17) is 5.53 Å². The van der Waals surface area contributed by atoms with Gasteiger partial charge in [0.2, 0.25) is 0 Å². The Balaban J connectivity index is 2.64. The van der Waals surface area contributed by atoms with E-state index in [2.05, 4.69) is 4.79 Å². The molecule has 0 bridgehead atoms. The second kappa shape index (κ2) is 2.40. The van der Waals surface area contributed by atoms with Gasteiger partial charge in [-0.2, -0.15) is 0 Å². The Morgan fingerprint density at radius 1 is 1.33 bits per heavy atom. The number of hydrogen-bond donors (Lipinski definition) is 1. The molecule has 3 nitrogen and oxygen atoms in total. The van der Waals surface area contributed by atoms with Gasteiger partial charge in [0.1, 0.15) is 0 Å². The first-order valence-electron chi connectivity index (χ1n) is 3.69. The summed E-state index contributed by atoms with van der Waals surface area (Å²) >= 11 is 0. The van der Waals surface area contributed by atoms with Crippen LogP contribution in [0.2, 0.25) is 0 Å². The maximum Gasteiger partial charge on any atom is 0.392 e. The topological polar surface area (TPSA) is 55.0 Å². The van der Waals surface area contributed by atoms with Crippen LogP contribution in [0.3, 0.4) is 0 Å². The van der Waals surface area contributed by atoms with Crippen molar-refractivity contribution in [3.05, 3.63) is 35.4 Å². The molecule has 1 aromatic rings. The molecule has 0 radical (unpaired) electrons. The lowest BCUT2D eigenvalue weighted by Gasteiger charge is -1.89. The monoisotopic (exact) mass is 159 g/mol. The zero-order valence-corrected chi connectivity index (χ0v) is 6.37. The Labute approximate surface area is 69.3 Å². The molecule has 0 spiro atoms. The highest BCUT2D eigenvalue weighted by molar-refractivity contribution is 6.47. The smallest absolute Gasteiger partial charge is 0.281 e. The van der Waals surface area contributed by atoms with E-state index >= 15 is 0 Å². The summed E-state index contributed by atoms with van der Waals surface area (Å²) in [6.45, 7) is 0. The van der Waals surface area contributed by atoms with Crippen molar-refractivity contribution in [2.75, 3.05) is 0 Å². The van der Waals surface area contributed by atoms with Crippen molar-refractivity contribution in [3.8, 4) is 0 Å². The molecule has 3 heteroatoms. The molecule has 0 aliphatic heterocycles. The normalized spacial score (nSPS) is 14.3. The highest BCUT2D eigenvalue weighted by atomic mass is 16.1. The molecule has 1 aromatic carbocycles. The van der Waals surface area contributed by atoms with Crippen LogP contribution in [-0.2, 0) is 6.42 Å². The number of fused-ring (bicyclic) bond motifs is 1. The lowest BCUT2D eigenvalue weighted by Crippen LogP contribution is -2.08. The van der Waals surface area contributed by atoms with E-state index in [-0.39, 0.29) is 5.78 Å². The third-order valence-corrected chi connectivity index (χ3v) is 2.02. The van der Waals surface area contributed by atoms with E-state index in [1.54, 1.807) is 6.07 Å². The van der Waals surface area contributed by atoms with Gasteiger partial charge in [0.15, 0.2) is 0 Å². The molecule has 0 saturated heterocycles. The van der Waals surface area contributed by atoms with Crippen LogP contribution >= 0.6 is 0 Å². The van der Waals surface area contributed by atoms with Gasteiger partial charge in [0.25, 0.3) is 5.78 Å². The average Bonchev–Trinajstić information content (AvgIpc) is 2.44. The number of nitrogens with zero attached hydrogens (tertiary/aromatic N) is 1. The Morgan fingerprint density at radius 3 is 2.75 bits per heavy atom. The van der Waals surface area contributed by atoms with Gasteiger partial charge >= 0.3 is 5.71 Å². The lowest BCUT2D eigenvalue weighted by atomic mass is 10.1. The van der Waals surface area contributed by atoms with E-state index in [0.29, 0.717) is 17.7 Å². The number of nitrogens with one attached hydrogen (secondary N) is 1. The van der Waals surface area contributed by atoms with Gasteiger partial charge in [-0.25, -0.2) is 0 Å². The van der Waals surface area contributed by atoms with Crippen molar-refractivity contribution < 1.29 is 9.58 Å². The fourth-order valence-corrected chi connectivity index (χ4v) is 1.40. The zero-order valence-electron chi connectivity index (χ0n) is 6.37. The van der Waals surface area contributed by atoms with Gasteiger partial charge in [-0.15, -0.1) is 0 Å². The Bertz CT molecular complexity index is 403. The van der Waals surface area contributed by atoms with Crippen molar-refractivity contribution in [2.45, 2.75) is 6.42 Å². The summed E-state index contributed by atoms with van der Waals surface area (Å²) < 4.78 is 0. The zero-order chi connectivity index (χ0) is 8.55. The minimum atomic E-state index is -0.0967. The van der Waals surface area contributed by atoms with Crippen LogP contribution in [0, 0.1) is 5.53 Å². The summed E-state index contributed by atoms with van der Waals surface area (Å²) in [6, 6.07) is 7.38. The summed E-state index contributed by atoms with van der Waals surface area (Å²) in [5, 5.41) is 0. The highest BCUT2D eigenvalue weighted by Gasteiger charge is 2.34. The molecule has 0 saturated carbocycles. The SMILES string of the molecule is N=[N+]=C1Cc2ccccc2C1=O. The number of rotatable bonds is 0. The van der Waals surface area contributed by atoms with Crippen LogP contribution in [0.15, 0.2) is 24.3 Å². The van der Waals surface area contributed by atoms with E-state index < -0.39 is 0 Å². The summed E-state index contributed by atoms with van der Waals surface area (Å²) in [7, 11) is 0. The number of benzene rings is 1. The maximum absolute atomic E-state index is 11.4. The number of carbonyl (C=O) groups is 1.